The van der Waals surface area contributed by atoms with Gasteiger partial charge in [-0.2, -0.15) is 0 Å². The molecule has 3 aromatic rings. The van der Waals surface area contributed by atoms with Crippen molar-refractivity contribution < 1.29 is 4.79 Å². The molecule has 0 spiro atoms. The molecule has 0 saturated heterocycles. The summed E-state index contributed by atoms with van der Waals surface area (Å²) in [5, 5.41) is 3.44. The molecule has 0 unspecified atom stereocenters. The van der Waals surface area contributed by atoms with Gasteiger partial charge in [-0.1, -0.05) is 53.5 Å². The van der Waals surface area contributed by atoms with Crippen molar-refractivity contribution >= 4 is 34.8 Å². The van der Waals surface area contributed by atoms with Gasteiger partial charge in [0.25, 0.3) is 5.56 Å². The number of amides is 1. The fourth-order valence-electron chi connectivity index (χ4n) is 2.25. The van der Waals surface area contributed by atoms with Crippen molar-refractivity contribution in [1.82, 2.24) is 9.55 Å². The predicted molar refractivity (Wildman–Crippen MR) is 99.0 cm³/mol. The van der Waals surface area contributed by atoms with Crippen LogP contribution in [0.2, 0.25) is 10.0 Å². The van der Waals surface area contributed by atoms with Gasteiger partial charge in [-0.15, -0.1) is 0 Å². The Labute approximate surface area is 153 Å². The number of nitrogens with one attached hydrogen (secondary N) is 1. The summed E-state index contributed by atoms with van der Waals surface area (Å²) in [6.07, 6.45) is 1.35. The zero-order valence-corrected chi connectivity index (χ0v) is 14.5. The van der Waals surface area contributed by atoms with Crippen molar-refractivity contribution in [3.05, 3.63) is 81.3 Å². The lowest BCUT2D eigenvalue weighted by molar-refractivity contribution is -0.116. The van der Waals surface area contributed by atoms with Crippen molar-refractivity contribution in [3.63, 3.8) is 0 Å². The third-order valence-corrected chi connectivity index (χ3v) is 4.03. The number of halogens is 2. The number of carbonyl (C=O) groups is 1. The maximum Gasteiger partial charge on any atom is 0.254 e. The fraction of sp³-hybridized carbons (Fsp3) is 0.0556. The summed E-state index contributed by atoms with van der Waals surface area (Å²) in [5.41, 5.74) is 1.46. The van der Waals surface area contributed by atoms with Crippen molar-refractivity contribution in [1.29, 1.82) is 0 Å². The van der Waals surface area contributed by atoms with Crippen LogP contribution in [0.4, 0.5) is 5.69 Å². The van der Waals surface area contributed by atoms with Gasteiger partial charge in [-0.25, -0.2) is 4.98 Å². The lowest BCUT2D eigenvalue weighted by Crippen LogP contribution is -2.27. The minimum atomic E-state index is -0.402. The number of hydrogen-bond donors (Lipinski definition) is 1. The fourth-order valence-corrected chi connectivity index (χ4v) is 2.59. The van der Waals surface area contributed by atoms with E-state index in [1.165, 1.54) is 17.0 Å². The minimum Gasteiger partial charge on any atom is -0.323 e. The lowest BCUT2D eigenvalue weighted by Gasteiger charge is -2.09. The van der Waals surface area contributed by atoms with E-state index in [4.69, 9.17) is 23.2 Å². The van der Waals surface area contributed by atoms with Crippen molar-refractivity contribution in [2.24, 2.45) is 0 Å². The first-order chi connectivity index (χ1) is 12.0. The first-order valence-electron chi connectivity index (χ1n) is 7.40. The Morgan fingerprint density at radius 1 is 1.08 bits per heavy atom. The van der Waals surface area contributed by atoms with E-state index in [-0.39, 0.29) is 12.1 Å². The summed E-state index contributed by atoms with van der Waals surface area (Å²) in [6, 6.07) is 15.5. The zero-order chi connectivity index (χ0) is 17.8. The number of anilines is 1. The van der Waals surface area contributed by atoms with Gasteiger partial charge >= 0.3 is 0 Å². The van der Waals surface area contributed by atoms with Crippen LogP contribution in [0.15, 0.2) is 65.7 Å². The lowest BCUT2D eigenvalue weighted by atomic mass is 10.1. The highest BCUT2D eigenvalue weighted by atomic mass is 35.5. The zero-order valence-electron chi connectivity index (χ0n) is 12.9. The van der Waals surface area contributed by atoms with Gasteiger partial charge in [0.2, 0.25) is 5.91 Å². The second kappa shape index (κ2) is 7.51. The monoisotopic (exact) mass is 373 g/mol. The van der Waals surface area contributed by atoms with E-state index in [1.54, 1.807) is 18.2 Å². The predicted octanol–water partition coefficient (Wildman–Crippen LogP) is 3.86. The van der Waals surface area contributed by atoms with E-state index in [0.717, 1.165) is 5.56 Å². The summed E-state index contributed by atoms with van der Waals surface area (Å²) in [7, 11) is 0. The molecule has 7 heteroatoms. The standard InChI is InChI=1S/C18H13Cl2N3O2/c19-13-6-7-14(20)16(8-13)22-17(24)10-23-11-21-15(9-18(23)25)12-4-2-1-3-5-12/h1-9,11H,10H2,(H,22,24). The Bertz CT molecular complexity index is 972. The molecule has 126 valence electrons. The molecular weight excluding hydrogens is 361 g/mol. The average molecular weight is 374 g/mol. The molecule has 0 aliphatic carbocycles. The third-order valence-electron chi connectivity index (χ3n) is 3.47. The van der Waals surface area contributed by atoms with E-state index < -0.39 is 5.91 Å². The molecule has 5 nitrogen and oxygen atoms in total. The molecule has 1 heterocycles. The molecule has 1 aromatic heterocycles. The van der Waals surface area contributed by atoms with Gasteiger partial charge in [-0.3, -0.25) is 14.2 Å². The number of hydrogen-bond acceptors (Lipinski definition) is 3. The van der Waals surface area contributed by atoms with Gasteiger partial charge in [0.1, 0.15) is 6.54 Å². The molecule has 0 saturated carbocycles. The van der Waals surface area contributed by atoms with Crippen LogP contribution < -0.4 is 10.9 Å². The molecule has 0 fully saturated rings. The summed E-state index contributed by atoms with van der Waals surface area (Å²) < 4.78 is 1.22. The van der Waals surface area contributed by atoms with Crippen LogP contribution in [0.1, 0.15) is 0 Å². The molecule has 0 atom stereocenters. The highest BCUT2D eigenvalue weighted by Crippen LogP contribution is 2.25. The largest absolute Gasteiger partial charge is 0.323 e. The van der Waals surface area contributed by atoms with Gasteiger partial charge in [0.15, 0.2) is 0 Å². The van der Waals surface area contributed by atoms with Gasteiger partial charge in [0, 0.05) is 16.7 Å². The first kappa shape index (κ1) is 17.2. The van der Waals surface area contributed by atoms with E-state index in [9.17, 15) is 9.59 Å². The summed E-state index contributed by atoms with van der Waals surface area (Å²) in [6.45, 7) is -0.177. The number of carbonyl (C=O) groups excluding carboxylic acids is 1. The van der Waals surface area contributed by atoms with Crippen LogP contribution in [0, 0.1) is 0 Å². The second-order valence-electron chi connectivity index (χ2n) is 5.28. The second-order valence-corrected chi connectivity index (χ2v) is 6.12. The van der Waals surface area contributed by atoms with Crippen LogP contribution in [-0.4, -0.2) is 15.5 Å². The number of benzene rings is 2. The summed E-state index contributed by atoms with van der Waals surface area (Å²) in [5.74, 6) is -0.402. The number of nitrogens with zero attached hydrogens (tertiary/aromatic N) is 2. The van der Waals surface area contributed by atoms with Gasteiger partial charge in [-0.05, 0) is 18.2 Å². The molecule has 1 N–H and O–H groups in total. The summed E-state index contributed by atoms with van der Waals surface area (Å²) in [4.78, 5) is 28.6. The number of aromatic nitrogens is 2. The summed E-state index contributed by atoms with van der Waals surface area (Å²) >= 11 is 11.9. The van der Waals surface area contributed by atoms with Crippen molar-refractivity contribution in [3.8, 4) is 11.3 Å². The average Bonchev–Trinajstić information content (AvgIpc) is 2.60. The van der Waals surface area contributed by atoms with Gasteiger partial charge < -0.3 is 5.32 Å². The van der Waals surface area contributed by atoms with E-state index in [1.807, 2.05) is 30.3 Å². The van der Waals surface area contributed by atoms with E-state index in [2.05, 4.69) is 10.3 Å². The molecule has 1 amide bonds. The Morgan fingerprint density at radius 3 is 2.56 bits per heavy atom. The SMILES string of the molecule is O=C(Cn1cnc(-c2ccccc2)cc1=O)Nc1cc(Cl)ccc1Cl. The molecule has 3 rings (SSSR count). The first-order valence-corrected chi connectivity index (χ1v) is 8.15. The quantitative estimate of drug-likeness (QED) is 0.755. The molecule has 0 radical (unpaired) electrons. The third kappa shape index (κ3) is 4.26. The molecule has 0 aliphatic rings. The Morgan fingerprint density at radius 2 is 1.84 bits per heavy atom. The smallest absolute Gasteiger partial charge is 0.254 e. The normalized spacial score (nSPS) is 10.5. The van der Waals surface area contributed by atoms with Crippen molar-refractivity contribution in [2.75, 3.05) is 5.32 Å². The van der Waals surface area contributed by atoms with E-state index in [0.29, 0.717) is 21.4 Å². The molecular formula is C18H13Cl2N3O2. The maximum atomic E-state index is 12.2. The number of rotatable bonds is 4. The van der Waals surface area contributed by atoms with Crippen molar-refractivity contribution in [2.45, 2.75) is 6.54 Å². The van der Waals surface area contributed by atoms with Crippen LogP contribution in [0.3, 0.4) is 0 Å². The Kier molecular flexibility index (Phi) is 5.16. The van der Waals surface area contributed by atoms with Crippen LogP contribution in [0.5, 0.6) is 0 Å². The topological polar surface area (TPSA) is 64.0 Å². The molecule has 2 aromatic carbocycles. The highest BCUT2D eigenvalue weighted by Gasteiger charge is 2.09. The van der Waals surface area contributed by atoms with Gasteiger partial charge in [0.05, 0.1) is 22.7 Å². The Hall–Kier alpha value is -2.63. The molecule has 0 aliphatic heterocycles. The Balaban J connectivity index is 1.76. The minimum absolute atomic E-state index is 0.177. The van der Waals surface area contributed by atoms with Crippen LogP contribution >= 0.6 is 23.2 Å². The molecule has 0 bridgehead atoms. The van der Waals surface area contributed by atoms with Crippen LogP contribution in [0.25, 0.3) is 11.3 Å². The highest BCUT2D eigenvalue weighted by molar-refractivity contribution is 6.35. The van der Waals surface area contributed by atoms with E-state index >= 15 is 0 Å². The molecule has 25 heavy (non-hydrogen) atoms. The maximum absolute atomic E-state index is 12.2. The van der Waals surface area contributed by atoms with Crippen LogP contribution in [-0.2, 0) is 11.3 Å².